The van der Waals surface area contributed by atoms with Crippen LogP contribution in [-0.4, -0.2) is 55.9 Å². The number of hydrogen-bond donors (Lipinski definition) is 1. The first-order valence-electron chi connectivity index (χ1n) is 7.57. The van der Waals surface area contributed by atoms with E-state index in [1.54, 1.807) is 11.0 Å². The highest BCUT2D eigenvalue weighted by molar-refractivity contribution is 7.90. The first kappa shape index (κ1) is 18.0. The Labute approximate surface area is 148 Å². The number of rotatable bonds is 5. The van der Waals surface area contributed by atoms with E-state index in [1.165, 1.54) is 24.4 Å². The maximum atomic E-state index is 14.1. The lowest BCUT2D eigenvalue weighted by atomic mass is 10.1. The summed E-state index contributed by atoms with van der Waals surface area (Å²) in [5.41, 5.74) is -1.38. The van der Waals surface area contributed by atoms with Gasteiger partial charge >= 0.3 is 0 Å². The van der Waals surface area contributed by atoms with Crippen molar-refractivity contribution in [3.63, 3.8) is 0 Å². The first-order valence-corrected chi connectivity index (χ1v) is 10.3. The van der Waals surface area contributed by atoms with Gasteiger partial charge in [0, 0.05) is 24.8 Å². The molecule has 0 amide bonds. The number of hydrogen-bond acceptors (Lipinski definition) is 7. The molecule has 134 valence electrons. The number of alkyl halides is 1. The van der Waals surface area contributed by atoms with Crippen molar-refractivity contribution in [2.45, 2.75) is 17.0 Å². The van der Waals surface area contributed by atoms with Gasteiger partial charge in [-0.1, -0.05) is 23.5 Å². The van der Waals surface area contributed by atoms with Crippen molar-refractivity contribution in [2.24, 2.45) is 0 Å². The molecule has 1 fully saturated rings. The summed E-state index contributed by atoms with van der Waals surface area (Å²) < 4.78 is 37.4. The zero-order valence-corrected chi connectivity index (χ0v) is 15.1. The van der Waals surface area contributed by atoms with Gasteiger partial charge in [-0.3, -0.25) is 4.79 Å². The van der Waals surface area contributed by atoms with Crippen LogP contribution in [0.15, 0.2) is 35.4 Å². The van der Waals surface area contributed by atoms with Gasteiger partial charge in [0.15, 0.2) is 20.6 Å². The summed E-state index contributed by atoms with van der Waals surface area (Å²) in [6.45, 7) is -0.0884. The highest BCUT2D eigenvalue weighted by Crippen LogP contribution is 2.32. The van der Waals surface area contributed by atoms with Gasteiger partial charge in [-0.25, -0.2) is 17.8 Å². The maximum Gasteiger partial charge on any atom is 0.204 e. The Bertz CT molecular complexity index is 912. The summed E-state index contributed by atoms with van der Waals surface area (Å²) in [6, 6.07) is 5.84. The van der Waals surface area contributed by atoms with Crippen LogP contribution in [-0.2, 0) is 9.84 Å². The summed E-state index contributed by atoms with van der Waals surface area (Å²) >= 11 is 1.13. The molecule has 1 aliphatic heterocycles. The van der Waals surface area contributed by atoms with Gasteiger partial charge < -0.3 is 10.0 Å². The zero-order chi connectivity index (χ0) is 18.2. The number of aliphatic hydroxyl groups excluding tert-OH is 1. The van der Waals surface area contributed by atoms with Crippen molar-refractivity contribution in [1.29, 1.82) is 0 Å². The number of aromatic nitrogens is 1. The fraction of sp³-hybridized carbons (Fsp3) is 0.375. The molecule has 0 saturated carbocycles. The fourth-order valence-electron chi connectivity index (χ4n) is 2.65. The Hall–Kier alpha value is -1.84. The Morgan fingerprint density at radius 2 is 2.24 bits per heavy atom. The molecule has 0 radical (unpaired) electrons. The van der Waals surface area contributed by atoms with Crippen LogP contribution in [0.4, 0.5) is 9.52 Å². The number of aliphatic hydroxyl groups is 1. The number of carbonyl (C=O) groups is 1. The van der Waals surface area contributed by atoms with E-state index in [-0.39, 0.29) is 29.2 Å². The van der Waals surface area contributed by atoms with Gasteiger partial charge in [-0.15, -0.1) is 0 Å². The molecule has 1 aromatic heterocycles. The Morgan fingerprint density at radius 1 is 1.48 bits per heavy atom. The van der Waals surface area contributed by atoms with Gasteiger partial charge in [0.25, 0.3) is 0 Å². The number of benzene rings is 1. The standard InChI is InChI=1S/C16H17FN2O4S2/c1-25(22,23)12-4-2-3-11(7-12)14(21)13-8-18-15(24-13)19-6-5-16(17,9-19)10-20/h2-4,7-8,20H,5-6,9-10H2,1H3. The van der Waals surface area contributed by atoms with Crippen LogP contribution in [0.5, 0.6) is 0 Å². The maximum absolute atomic E-state index is 14.1. The van der Waals surface area contributed by atoms with E-state index >= 15 is 0 Å². The lowest BCUT2D eigenvalue weighted by molar-refractivity contribution is 0.0910. The summed E-state index contributed by atoms with van der Waals surface area (Å²) in [5, 5.41) is 9.61. The predicted octanol–water partition coefficient (Wildman–Crippen LogP) is 1.69. The molecule has 1 aliphatic rings. The Kier molecular flexibility index (Phi) is 4.65. The number of anilines is 1. The average Bonchev–Trinajstić information content (AvgIpc) is 3.21. The predicted molar refractivity (Wildman–Crippen MR) is 92.9 cm³/mol. The number of carbonyl (C=O) groups excluding carboxylic acids is 1. The third-order valence-electron chi connectivity index (χ3n) is 4.10. The molecule has 9 heteroatoms. The summed E-state index contributed by atoms with van der Waals surface area (Å²) in [6.07, 6.45) is 2.70. The van der Waals surface area contributed by atoms with Crippen LogP contribution in [0.25, 0.3) is 0 Å². The second kappa shape index (κ2) is 6.47. The fourth-order valence-corrected chi connectivity index (χ4v) is 4.22. The third-order valence-corrected chi connectivity index (χ3v) is 6.27. The third kappa shape index (κ3) is 3.73. The second-order valence-electron chi connectivity index (χ2n) is 6.12. The monoisotopic (exact) mass is 384 g/mol. The van der Waals surface area contributed by atoms with Crippen LogP contribution in [0.2, 0.25) is 0 Å². The van der Waals surface area contributed by atoms with Crippen molar-refractivity contribution in [1.82, 2.24) is 4.98 Å². The summed E-state index contributed by atoms with van der Waals surface area (Å²) in [7, 11) is -3.40. The first-order chi connectivity index (χ1) is 11.7. The highest BCUT2D eigenvalue weighted by Gasteiger charge is 2.38. The molecule has 1 aromatic carbocycles. The summed E-state index contributed by atoms with van der Waals surface area (Å²) in [4.78, 5) is 18.9. The molecule has 1 N–H and O–H groups in total. The molecule has 1 saturated heterocycles. The van der Waals surface area contributed by atoms with E-state index < -0.39 is 22.1 Å². The lowest BCUT2D eigenvalue weighted by Gasteiger charge is -2.17. The molecule has 0 aliphatic carbocycles. The molecular weight excluding hydrogens is 367 g/mol. The van der Waals surface area contributed by atoms with Gasteiger partial charge in [0.2, 0.25) is 5.78 Å². The largest absolute Gasteiger partial charge is 0.393 e. The van der Waals surface area contributed by atoms with Gasteiger partial charge in [-0.05, 0) is 12.1 Å². The minimum absolute atomic E-state index is 0.0359. The van der Waals surface area contributed by atoms with E-state index in [2.05, 4.69) is 4.98 Å². The van der Waals surface area contributed by atoms with E-state index in [9.17, 15) is 17.6 Å². The van der Waals surface area contributed by atoms with Crippen molar-refractivity contribution < 1.29 is 22.7 Å². The molecule has 2 aromatic rings. The molecule has 6 nitrogen and oxygen atoms in total. The zero-order valence-electron chi connectivity index (χ0n) is 13.5. The lowest BCUT2D eigenvalue weighted by Crippen LogP contribution is -2.32. The normalized spacial score (nSPS) is 20.8. The molecule has 2 heterocycles. The molecule has 25 heavy (non-hydrogen) atoms. The van der Waals surface area contributed by atoms with Crippen LogP contribution in [0.3, 0.4) is 0 Å². The minimum Gasteiger partial charge on any atom is -0.393 e. The van der Waals surface area contributed by atoms with Crippen LogP contribution in [0.1, 0.15) is 21.7 Å². The van der Waals surface area contributed by atoms with E-state index in [4.69, 9.17) is 5.11 Å². The van der Waals surface area contributed by atoms with E-state index in [0.717, 1.165) is 17.6 Å². The Balaban J connectivity index is 1.82. The van der Waals surface area contributed by atoms with Crippen LogP contribution >= 0.6 is 11.3 Å². The smallest absolute Gasteiger partial charge is 0.204 e. The minimum atomic E-state index is -3.40. The van der Waals surface area contributed by atoms with Crippen molar-refractivity contribution in [2.75, 3.05) is 30.9 Å². The molecule has 0 spiro atoms. The van der Waals surface area contributed by atoms with E-state index in [0.29, 0.717) is 16.6 Å². The van der Waals surface area contributed by atoms with Crippen molar-refractivity contribution in [3.05, 3.63) is 40.9 Å². The van der Waals surface area contributed by atoms with E-state index in [1.807, 2.05) is 0 Å². The number of halogens is 1. The number of sulfone groups is 1. The highest BCUT2D eigenvalue weighted by atomic mass is 32.2. The van der Waals surface area contributed by atoms with Crippen molar-refractivity contribution in [3.8, 4) is 0 Å². The molecule has 1 atom stereocenters. The summed E-state index contributed by atoms with van der Waals surface area (Å²) in [5.74, 6) is -0.331. The van der Waals surface area contributed by atoms with Gasteiger partial charge in [0.05, 0.1) is 29.1 Å². The second-order valence-corrected chi connectivity index (χ2v) is 9.14. The molecule has 3 rings (SSSR count). The topological polar surface area (TPSA) is 87.6 Å². The molecular formula is C16H17FN2O4S2. The van der Waals surface area contributed by atoms with Crippen LogP contribution < -0.4 is 4.90 Å². The number of ketones is 1. The van der Waals surface area contributed by atoms with Crippen LogP contribution in [0, 0.1) is 0 Å². The van der Waals surface area contributed by atoms with Crippen molar-refractivity contribution >= 4 is 32.1 Å². The number of nitrogens with zero attached hydrogens (tertiary/aromatic N) is 2. The SMILES string of the molecule is CS(=O)(=O)c1cccc(C(=O)c2cnc(N3CCC(F)(CO)C3)s2)c1. The average molecular weight is 384 g/mol. The number of thiazole rings is 1. The molecule has 1 unspecified atom stereocenters. The Morgan fingerprint density at radius 3 is 2.88 bits per heavy atom. The van der Waals surface area contributed by atoms with Gasteiger partial charge in [0.1, 0.15) is 0 Å². The molecule has 0 bridgehead atoms. The van der Waals surface area contributed by atoms with Gasteiger partial charge in [-0.2, -0.15) is 0 Å². The quantitative estimate of drug-likeness (QED) is 0.790.